The normalized spacial score (nSPS) is 17.3. The molecule has 102 valence electrons. The molecule has 1 heterocycles. The van der Waals surface area contributed by atoms with Crippen molar-refractivity contribution >= 4 is 11.3 Å². The van der Waals surface area contributed by atoms with E-state index in [2.05, 4.69) is 24.1 Å². The highest BCUT2D eigenvalue weighted by molar-refractivity contribution is 7.11. The molecule has 0 radical (unpaired) electrons. The molecule has 1 aromatic rings. The third kappa shape index (κ3) is 3.77. The number of nitrogens with one attached hydrogen (secondary N) is 1. The second-order valence-electron chi connectivity index (χ2n) is 5.21. The van der Waals surface area contributed by atoms with E-state index in [1.807, 2.05) is 17.5 Å². The van der Waals surface area contributed by atoms with E-state index < -0.39 is 0 Å². The van der Waals surface area contributed by atoms with Crippen molar-refractivity contribution in [2.24, 2.45) is 5.92 Å². The van der Waals surface area contributed by atoms with Crippen LogP contribution in [0.1, 0.15) is 55.3 Å². The fourth-order valence-corrected chi connectivity index (χ4v) is 3.32. The molecule has 1 aliphatic carbocycles. The van der Waals surface area contributed by atoms with Crippen molar-refractivity contribution in [1.82, 2.24) is 10.3 Å². The molecule has 0 aromatic carbocycles. The number of aromatic nitrogens is 1. The third-order valence-corrected chi connectivity index (χ3v) is 4.90. The molecule has 18 heavy (non-hydrogen) atoms. The summed E-state index contributed by atoms with van der Waals surface area (Å²) in [5.41, 5.74) is 0. The third-order valence-electron chi connectivity index (χ3n) is 3.74. The number of nitrogens with zero attached hydrogens (tertiary/aromatic N) is 1. The van der Waals surface area contributed by atoms with Gasteiger partial charge in [0, 0.05) is 30.1 Å². The SMILES string of the molecule is CCC(CC)C(O)CNCc1cnc(C2CC2)s1. The van der Waals surface area contributed by atoms with Gasteiger partial charge in [-0.05, 0) is 18.8 Å². The van der Waals surface area contributed by atoms with E-state index in [0.29, 0.717) is 12.5 Å². The van der Waals surface area contributed by atoms with Crippen molar-refractivity contribution in [3.8, 4) is 0 Å². The molecule has 0 aliphatic heterocycles. The molecule has 1 fully saturated rings. The van der Waals surface area contributed by atoms with Crippen LogP contribution in [0, 0.1) is 5.92 Å². The molecule has 1 saturated carbocycles. The van der Waals surface area contributed by atoms with Crippen LogP contribution >= 0.6 is 11.3 Å². The minimum absolute atomic E-state index is 0.226. The van der Waals surface area contributed by atoms with Gasteiger partial charge in [0.2, 0.25) is 0 Å². The van der Waals surface area contributed by atoms with Gasteiger partial charge in [0.1, 0.15) is 0 Å². The van der Waals surface area contributed by atoms with Crippen molar-refractivity contribution in [3.63, 3.8) is 0 Å². The van der Waals surface area contributed by atoms with Crippen molar-refractivity contribution in [1.29, 1.82) is 0 Å². The summed E-state index contributed by atoms with van der Waals surface area (Å²) in [6.45, 7) is 5.80. The van der Waals surface area contributed by atoms with Gasteiger partial charge < -0.3 is 10.4 Å². The molecule has 0 bridgehead atoms. The van der Waals surface area contributed by atoms with E-state index >= 15 is 0 Å². The average molecular weight is 268 g/mol. The molecule has 1 unspecified atom stereocenters. The van der Waals surface area contributed by atoms with Gasteiger partial charge in [-0.3, -0.25) is 0 Å². The zero-order valence-electron chi connectivity index (χ0n) is 11.4. The first-order chi connectivity index (χ1) is 8.74. The van der Waals surface area contributed by atoms with Crippen LogP contribution < -0.4 is 5.32 Å². The van der Waals surface area contributed by atoms with Gasteiger partial charge in [-0.25, -0.2) is 4.98 Å². The highest BCUT2D eigenvalue weighted by Gasteiger charge is 2.26. The highest BCUT2D eigenvalue weighted by Crippen LogP contribution is 2.41. The van der Waals surface area contributed by atoms with Crippen molar-refractivity contribution < 1.29 is 5.11 Å². The summed E-state index contributed by atoms with van der Waals surface area (Å²) in [6, 6.07) is 0. The highest BCUT2D eigenvalue weighted by atomic mass is 32.1. The standard InChI is InChI=1S/C14H24N2OS/c1-3-10(4-2)13(17)9-15-7-12-8-16-14(18-12)11-5-6-11/h8,10-11,13,15,17H,3-7,9H2,1-2H3. The summed E-state index contributed by atoms with van der Waals surface area (Å²) in [5, 5.41) is 14.7. The second kappa shape index (κ2) is 6.64. The fraction of sp³-hybridized carbons (Fsp3) is 0.786. The first-order valence-electron chi connectivity index (χ1n) is 7.08. The maximum Gasteiger partial charge on any atom is 0.0959 e. The lowest BCUT2D eigenvalue weighted by molar-refractivity contribution is 0.101. The molecular weight excluding hydrogens is 244 g/mol. The number of rotatable bonds is 8. The van der Waals surface area contributed by atoms with Gasteiger partial charge in [-0.15, -0.1) is 11.3 Å². The molecule has 0 spiro atoms. The lowest BCUT2D eigenvalue weighted by Gasteiger charge is -2.20. The minimum atomic E-state index is -0.226. The lowest BCUT2D eigenvalue weighted by Crippen LogP contribution is -2.32. The molecule has 2 N–H and O–H groups in total. The van der Waals surface area contributed by atoms with Gasteiger partial charge in [-0.1, -0.05) is 26.7 Å². The molecule has 1 atom stereocenters. The van der Waals surface area contributed by atoms with Crippen LogP contribution in [0.4, 0.5) is 0 Å². The zero-order valence-corrected chi connectivity index (χ0v) is 12.2. The number of hydrogen-bond acceptors (Lipinski definition) is 4. The van der Waals surface area contributed by atoms with Crippen molar-refractivity contribution in [2.75, 3.05) is 6.54 Å². The Kier molecular flexibility index (Phi) is 5.15. The molecule has 1 aromatic heterocycles. The van der Waals surface area contributed by atoms with Crippen LogP contribution in [-0.2, 0) is 6.54 Å². The second-order valence-corrected chi connectivity index (χ2v) is 6.36. The minimum Gasteiger partial charge on any atom is -0.392 e. The van der Waals surface area contributed by atoms with Gasteiger partial charge >= 0.3 is 0 Å². The van der Waals surface area contributed by atoms with Crippen LogP contribution in [0.5, 0.6) is 0 Å². The van der Waals surface area contributed by atoms with Crippen LogP contribution in [0.25, 0.3) is 0 Å². The number of aliphatic hydroxyl groups is 1. The van der Waals surface area contributed by atoms with Crippen molar-refractivity contribution in [2.45, 2.75) is 58.1 Å². The van der Waals surface area contributed by atoms with Crippen molar-refractivity contribution in [3.05, 3.63) is 16.1 Å². The van der Waals surface area contributed by atoms with Gasteiger partial charge in [0.15, 0.2) is 0 Å². The van der Waals surface area contributed by atoms with Crippen LogP contribution in [0.3, 0.4) is 0 Å². The summed E-state index contributed by atoms with van der Waals surface area (Å²) in [5.74, 6) is 1.17. The molecule has 4 heteroatoms. The van der Waals surface area contributed by atoms with Gasteiger partial charge in [-0.2, -0.15) is 0 Å². The van der Waals surface area contributed by atoms with E-state index in [-0.39, 0.29) is 6.10 Å². The molecule has 0 saturated heterocycles. The predicted octanol–water partition coefficient (Wildman–Crippen LogP) is 2.91. The Labute approximate surface area is 114 Å². The average Bonchev–Trinajstić information content (AvgIpc) is 3.11. The predicted molar refractivity (Wildman–Crippen MR) is 75.9 cm³/mol. The summed E-state index contributed by atoms with van der Waals surface area (Å²) in [7, 11) is 0. The van der Waals surface area contributed by atoms with E-state index in [0.717, 1.165) is 25.3 Å². The number of hydrogen-bond donors (Lipinski definition) is 2. The first-order valence-corrected chi connectivity index (χ1v) is 7.89. The first kappa shape index (κ1) is 14.0. The fourth-order valence-electron chi connectivity index (χ4n) is 2.27. The Bertz CT molecular complexity index is 358. The quantitative estimate of drug-likeness (QED) is 0.762. The molecule has 0 amide bonds. The monoisotopic (exact) mass is 268 g/mol. The Hall–Kier alpha value is -0.450. The largest absolute Gasteiger partial charge is 0.392 e. The van der Waals surface area contributed by atoms with Crippen LogP contribution in [0.15, 0.2) is 6.20 Å². The Morgan fingerprint density at radius 1 is 1.44 bits per heavy atom. The molecular formula is C14H24N2OS. The van der Waals surface area contributed by atoms with E-state index in [1.165, 1.54) is 22.7 Å². The Morgan fingerprint density at radius 2 is 2.17 bits per heavy atom. The van der Waals surface area contributed by atoms with Gasteiger partial charge in [0.25, 0.3) is 0 Å². The van der Waals surface area contributed by atoms with Crippen LogP contribution in [-0.4, -0.2) is 22.7 Å². The summed E-state index contributed by atoms with van der Waals surface area (Å²) in [4.78, 5) is 5.75. The Morgan fingerprint density at radius 3 is 2.78 bits per heavy atom. The van der Waals surface area contributed by atoms with Crippen LogP contribution in [0.2, 0.25) is 0 Å². The molecule has 1 aliphatic rings. The summed E-state index contributed by atoms with van der Waals surface area (Å²) >= 11 is 1.82. The van der Waals surface area contributed by atoms with E-state index in [1.54, 1.807) is 0 Å². The lowest BCUT2D eigenvalue weighted by atomic mass is 9.97. The van der Waals surface area contributed by atoms with E-state index in [4.69, 9.17) is 0 Å². The summed E-state index contributed by atoms with van der Waals surface area (Å²) in [6.07, 6.45) is 6.48. The topological polar surface area (TPSA) is 45.1 Å². The zero-order chi connectivity index (χ0) is 13.0. The smallest absolute Gasteiger partial charge is 0.0959 e. The van der Waals surface area contributed by atoms with E-state index in [9.17, 15) is 5.11 Å². The Balaban J connectivity index is 1.70. The maximum atomic E-state index is 10.0. The number of thiazole rings is 1. The summed E-state index contributed by atoms with van der Waals surface area (Å²) < 4.78 is 0. The molecule has 2 rings (SSSR count). The maximum absolute atomic E-state index is 10.0. The molecule has 3 nitrogen and oxygen atoms in total. The number of aliphatic hydroxyl groups excluding tert-OH is 1. The van der Waals surface area contributed by atoms with Gasteiger partial charge in [0.05, 0.1) is 11.1 Å².